The molecule has 0 aliphatic rings. The zero-order valence-electron chi connectivity index (χ0n) is 8.83. The van der Waals surface area contributed by atoms with Gasteiger partial charge in [0.25, 0.3) is 0 Å². The van der Waals surface area contributed by atoms with E-state index in [0.29, 0.717) is 0 Å². The second-order valence-electron chi connectivity index (χ2n) is 4.23. The van der Waals surface area contributed by atoms with Crippen LogP contribution in [0.25, 0.3) is 0 Å². The Hall–Kier alpha value is -1.11. The van der Waals surface area contributed by atoms with Crippen LogP contribution in [-0.2, 0) is 0 Å². The Morgan fingerprint density at radius 1 is 1.08 bits per heavy atom. The van der Waals surface area contributed by atoms with Gasteiger partial charge in [0.05, 0.1) is 5.54 Å². The van der Waals surface area contributed by atoms with E-state index in [1.54, 1.807) is 0 Å². The van der Waals surface area contributed by atoms with Gasteiger partial charge in [-0.3, -0.25) is 4.99 Å². The van der Waals surface area contributed by atoms with Crippen LogP contribution in [0.5, 0.6) is 0 Å². The van der Waals surface area contributed by atoms with E-state index in [-0.39, 0.29) is 5.54 Å². The van der Waals surface area contributed by atoms with Crippen LogP contribution < -0.4 is 0 Å². The second-order valence-corrected chi connectivity index (χ2v) is 4.23. The van der Waals surface area contributed by atoms with Crippen LogP contribution in [0.4, 0.5) is 0 Å². The fourth-order valence-corrected chi connectivity index (χ4v) is 1.25. The summed E-state index contributed by atoms with van der Waals surface area (Å²) in [6, 6.07) is 10.3. The first-order valence-electron chi connectivity index (χ1n) is 4.61. The molecule has 0 aromatic heterocycles. The van der Waals surface area contributed by atoms with E-state index in [9.17, 15) is 0 Å². The lowest BCUT2D eigenvalue weighted by molar-refractivity contribution is 0.584. The molecule has 0 aliphatic carbocycles. The van der Waals surface area contributed by atoms with Crippen molar-refractivity contribution in [1.82, 2.24) is 0 Å². The van der Waals surface area contributed by atoms with E-state index in [2.05, 4.69) is 44.8 Å². The fraction of sp³-hybridized carbons (Fsp3) is 0.417. The van der Waals surface area contributed by atoms with Crippen LogP contribution in [0.1, 0.15) is 33.3 Å². The summed E-state index contributed by atoms with van der Waals surface area (Å²) in [5, 5.41) is 0. The topological polar surface area (TPSA) is 12.4 Å². The summed E-state index contributed by atoms with van der Waals surface area (Å²) in [4.78, 5) is 4.60. The van der Waals surface area contributed by atoms with Crippen molar-refractivity contribution >= 4 is 5.71 Å². The summed E-state index contributed by atoms with van der Waals surface area (Å²) < 4.78 is 0. The molecule has 0 heterocycles. The van der Waals surface area contributed by atoms with Crippen molar-refractivity contribution in [1.29, 1.82) is 0 Å². The van der Waals surface area contributed by atoms with Crippen LogP contribution in [0.2, 0.25) is 0 Å². The Kier molecular flexibility index (Phi) is 2.86. The van der Waals surface area contributed by atoms with E-state index >= 15 is 0 Å². The highest BCUT2D eigenvalue weighted by atomic mass is 14.8. The van der Waals surface area contributed by atoms with Crippen molar-refractivity contribution < 1.29 is 0 Å². The van der Waals surface area contributed by atoms with Gasteiger partial charge in [-0.15, -0.1) is 0 Å². The highest BCUT2D eigenvalue weighted by Crippen LogP contribution is 2.10. The monoisotopic (exact) mass is 175 g/mol. The summed E-state index contributed by atoms with van der Waals surface area (Å²) in [6.07, 6.45) is 0. The molecular formula is C12H17N. The minimum atomic E-state index is 0.0138. The van der Waals surface area contributed by atoms with Crippen molar-refractivity contribution in [2.24, 2.45) is 4.99 Å². The van der Waals surface area contributed by atoms with Crippen molar-refractivity contribution in [3.05, 3.63) is 35.9 Å². The number of nitrogens with zero attached hydrogens (tertiary/aromatic N) is 1. The molecule has 1 aromatic rings. The average Bonchev–Trinajstić information content (AvgIpc) is 2.03. The van der Waals surface area contributed by atoms with Gasteiger partial charge in [0.15, 0.2) is 0 Å². The lowest BCUT2D eigenvalue weighted by Gasteiger charge is -2.13. The molecule has 0 atom stereocenters. The minimum absolute atomic E-state index is 0.0138. The zero-order chi connectivity index (χ0) is 9.90. The van der Waals surface area contributed by atoms with Gasteiger partial charge in [-0.1, -0.05) is 30.3 Å². The molecule has 0 amide bonds. The molecule has 1 nitrogen and oxygen atoms in total. The third kappa shape index (κ3) is 3.41. The number of rotatable bonds is 1. The smallest absolute Gasteiger partial charge is 0.0527 e. The number of aliphatic imine (C=N–C) groups is 1. The van der Waals surface area contributed by atoms with E-state index < -0.39 is 0 Å². The molecule has 0 bridgehead atoms. The number of hydrogen-bond acceptors (Lipinski definition) is 1. The molecule has 0 unspecified atom stereocenters. The van der Waals surface area contributed by atoms with Crippen LogP contribution in [-0.4, -0.2) is 11.3 Å². The lowest BCUT2D eigenvalue weighted by Crippen LogP contribution is -2.13. The molecule has 0 N–H and O–H groups in total. The highest BCUT2D eigenvalue weighted by Gasteiger charge is 2.07. The van der Waals surface area contributed by atoms with Gasteiger partial charge in [-0.05, 0) is 33.3 Å². The number of benzene rings is 1. The third-order valence-electron chi connectivity index (χ3n) is 1.69. The SMILES string of the molecule is CC(=NC(C)(C)C)c1ccccc1. The Bertz CT molecular complexity index is 291. The first-order valence-corrected chi connectivity index (χ1v) is 4.61. The molecule has 0 saturated carbocycles. The number of hydrogen-bond donors (Lipinski definition) is 0. The Morgan fingerprint density at radius 2 is 1.62 bits per heavy atom. The van der Waals surface area contributed by atoms with Crippen molar-refractivity contribution in [2.45, 2.75) is 33.2 Å². The maximum atomic E-state index is 4.60. The van der Waals surface area contributed by atoms with E-state index in [1.165, 1.54) is 5.56 Å². The quantitative estimate of drug-likeness (QED) is 0.581. The standard InChI is InChI=1S/C12H17N/c1-10(13-12(2,3)4)11-8-6-5-7-9-11/h5-9H,1-4H3. The summed E-state index contributed by atoms with van der Waals surface area (Å²) in [7, 11) is 0. The van der Waals surface area contributed by atoms with Crippen molar-refractivity contribution in [3.8, 4) is 0 Å². The van der Waals surface area contributed by atoms with Gasteiger partial charge < -0.3 is 0 Å². The van der Waals surface area contributed by atoms with Gasteiger partial charge in [0.2, 0.25) is 0 Å². The van der Waals surface area contributed by atoms with Crippen LogP contribution >= 0.6 is 0 Å². The maximum Gasteiger partial charge on any atom is 0.0527 e. The predicted octanol–water partition coefficient (Wildman–Crippen LogP) is 3.29. The van der Waals surface area contributed by atoms with Gasteiger partial charge in [0, 0.05) is 5.71 Å². The van der Waals surface area contributed by atoms with Gasteiger partial charge in [-0.25, -0.2) is 0 Å². The van der Waals surface area contributed by atoms with E-state index in [0.717, 1.165) is 5.71 Å². The summed E-state index contributed by atoms with van der Waals surface area (Å²) >= 11 is 0. The molecule has 1 aromatic carbocycles. The lowest BCUT2D eigenvalue weighted by atomic mass is 10.1. The zero-order valence-corrected chi connectivity index (χ0v) is 8.83. The minimum Gasteiger partial charge on any atom is -0.284 e. The maximum absolute atomic E-state index is 4.60. The first-order chi connectivity index (χ1) is 5.99. The average molecular weight is 175 g/mol. The van der Waals surface area contributed by atoms with E-state index in [4.69, 9.17) is 0 Å². The molecule has 1 heteroatoms. The van der Waals surface area contributed by atoms with Crippen LogP contribution in [0.15, 0.2) is 35.3 Å². The molecule has 0 aliphatic heterocycles. The second kappa shape index (κ2) is 3.73. The van der Waals surface area contributed by atoms with E-state index in [1.807, 2.05) is 18.2 Å². The van der Waals surface area contributed by atoms with Gasteiger partial charge in [0.1, 0.15) is 0 Å². The Labute approximate surface area is 80.5 Å². The predicted molar refractivity (Wildman–Crippen MR) is 58.4 cm³/mol. The van der Waals surface area contributed by atoms with Gasteiger partial charge >= 0.3 is 0 Å². The third-order valence-corrected chi connectivity index (χ3v) is 1.69. The molecule has 13 heavy (non-hydrogen) atoms. The first kappa shape index (κ1) is 9.97. The summed E-state index contributed by atoms with van der Waals surface area (Å²) in [5.41, 5.74) is 2.32. The molecule has 0 fully saturated rings. The van der Waals surface area contributed by atoms with Crippen molar-refractivity contribution in [3.63, 3.8) is 0 Å². The largest absolute Gasteiger partial charge is 0.284 e. The molecule has 0 saturated heterocycles. The Balaban J connectivity index is 2.92. The molecular weight excluding hydrogens is 158 g/mol. The Morgan fingerprint density at radius 3 is 2.08 bits per heavy atom. The summed E-state index contributed by atoms with van der Waals surface area (Å²) in [5.74, 6) is 0. The highest BCUT2D eigenvalue weighted by molar-refractivity contribution is 5.98. The molecule has 1 rings (SSSR count). The normalized spacial score (nSPS) is 13.1. The van der Waals surface area contributed by atoms with Crippen molar-refractivity contribution in [2.75, 3.05) is 0 Å². The molecule has 0 radical (unpaired) electrons. The molecule has 0 spiro atoms. The van der Waals surface area contributed by atoms with Crippen LogP contribution in [0.3, 0.4) is 0 Å². The fourth-order valence-electron chi connectivity index (χ4n) is 1.25. The summed E-state index contributed by atoms with van der Waals surface area (Å²) in [6.45, 7) is 8.39. The van der Waals surface area contributed by atoms with Crippen LogP contribution in [0, 0.1) is 0 Å². The van der Waals surface area contributed by atoms with Gasteiger partial charge in [-0.2, -0.15) is 0 Å². The molecule has 70 valence electrons.